The molecule has 12 rings (SSSR count). The lowest BCUT2D eigenvalue weighted by Crippen LogP contribution is -2.60. The second kappa shape index (κ2) is 26.4. The molecule has 0 amide bonds. The monoisotopic (exact) mass is 1320 g/mol. The van der Waals surface area contributed by atoms with Gasteiger partial charge in [-0.2, -0.15) is 17.2 Å². The van der Waals surface area contributed by atoms with Crippen molar-refractivity contribution in [3.05, 3.63) is 272 Å². The highest BCUT2D eigenvalue weighted by molar-refractivity contribution is 7.90. The SMILES string of the molecule is CCOC1=C2CN(S(=O)(=O)c3ccc(C)cc3)C(c3cccc(Cl)c3)CC2N(S(=O)(=O)c2ccc(C)cc2)C(c2ccccc2)C1.Cc1ccc(S(=O)(=O)N2C[C@H]3C(=O)C[C@@H](c4ccccc4)N(S(=O)(=O)c4ccc(C)cc4)[C@H]3C[C@H]2c2cccc(Cl)c2)cc1. The molecule has 0 aromatic heterocycles. The van der Waals surface area contributed by atoms with Crippen molar-refractivity contribution in [3.8, 4) is 0 Å². The van der Waals surface area contributed by atoms with Crippen LogP contribution in [0, 0.1) is 33.6 Å². The summed E-state index contributed by atoms with van der Waals surface area (Å²) in [7, 11) is -16.3. The molecule has 14 nitrogen and oxygen atoms in total. The largest absolute Gasteiger partial charge is 0.498 e. The fraction of sp³-hybridized carbons (Fsp3) is 0.271. The van der Waals surface area contributed by atoms with Crippen LogP contribution in [0.3, 0.4) is 0 Å². The van der Waals surface area contributed by atoms with Crippen LogP contribution >= 0.6 is 23.2 Å². The lowest BCUT2D eigenvalue weighted by atomic mass is 9.77. The molecule has 90 heavy (non-hydrogen) atoms. The summed E-state index contributed by atoms with van der Waals surface area (Å²) in [5.74, 6) is -0.385. The van der Waals surface area contributed by atoms with Gasteiger partial charge >= 0.3 is 0 Å². The zero-order valence-electron chi connectivity index (χ0n) is 50.4. The minimum Gasteiger partial charge on any atom is -0.498 e. The number of nitrogens with zero attached hydrogens (tertiary/aromatic N) is 4. The van der Waals surface area contributed by atoms with Gasteiger partial charge in [0.2, 0.25) is 40.1 Å². The van der Waals surface area contributed by atoms with Crippen LogP contribution in [0.25, 0.3) is 0 Å². The van der Waals surface area contributed by atoms with E-state index in [9.17, 15) is 38.5 Å². The minimum atomic E-state index is -4.11. The molecule has 4 aliphatic rings. The van der Waals surface area contributed by atoms with Crippen LogP contribution in [0.15, 0.2) is 237 Å². The molecule has 4 heterocycles. The third-order valence-electron chi connectivity index (χ3n) is 17.6. The molecule has 4 aliphatic heterocycles. The second-order valence-electron chi connectivity index (χ2n) is 23.5. The Morgan fingerprint density at radius 3 is 1.24 bits per heavy atom. The van der Waals surface area contributed by atoms with E-state index in [-0.39, 0.29) is 64.1 Å². The number of halogens is 2. The van der Waals surface area contributed by atoms with Gasteiger partial charge in [0.05, 0.1) is 62.2 Å². The molecule has 7 atom stereocenters. The topological polar surface area (TPSA) is 176 Å². The highest BCUT2D eigenvalue weighted by Gasteiger charge is 2.55. The molecule has 0 aliphatic carbocycles. The number of fused-ring (bicyclic) bond motifs is 2. The maximum Gasteiger partial charge on any atom is 0.244 e. The van der Waals surface area contributed by atoms with Crippen molar-refractivity contribution in [2.75, 3.05) is 19.7 Å². The van der Waals surface area contributed by atoms with Crippen LogP contribution in [0.5, 0.6) is 0 Å². The zero-order chi connectivity index (χ0) is 63.9. The number of ether oxygens (including phenoxy) is 1. The maximum absolute atomic E-state index is 14.7. The summed E-state index contributed by atoms with van der Waals surface area (Å²) in [6.07, 6.45) is 0.466. The molecule has 0 bridgehead atoms. The zero-order valence-corrected chi connectivity index (χ0v) is 55.2. The van der Waals surface area contributed by atoms with E-state index in [1.165, 1.54) is 12.9 Å². The number of ketones is 1. The Morgan fingerprint density at radius 2 is 0.811 bits per heavy atom. The van der Waals surface area contributed by atoms with Gasteiger partial charge in [-0.1, -0.05) is 179 Å². The summed E-state index contributed by atoms with van der Waals surface area (Å²) in [5, 5.41) is 0.903. The minimum absolute atomic E-state index is 0.0329. The summed E-state index contributed by atoms with van der Waals surface area (Å²) in [5.41, 5.74) is 7.26. The summed E-state index contributed by atoms with van der Waals surface area (Å²) in [6.45, 7) is 9.65. The summed E-state index contributed by atoms with van der Waals surface area (Å²) < 4.78 is 128. The van der Waals surface area contributed by atoms with Gasteiger partial charge in [-0.05, 0) is 143 Å². The van der Waals surface area contributed by atoms with Crippen molar-refractivity contribution in [2.45, 2.75) is 116 Å². The smallest absolute Gasteiger partial charge is 0.244 e. The van der Waals surface area contributed by atoms with Crippen molar-refractivity contribution in [2.24, 2.45) is 5.92 Å². The van der Waals surface area contributed by atoms with Crippen LogP contribution in [0.2, 0.25) is 10.0 Å². The van der Waals surface area contributed by atoms with Crippen LogP contribution in [0.1, 0.15) is 101 Å². The lowest BCUT2D eigenvalue weighted by Gasteiger charge is -2.51. The Morgan fingerprint density at radius 1 is 0.422 bits per heavy atom. The number of piperidine rings is 3. The van der Waals surface area contributed by atoms with Crippen molar-refractivity contribution in [1.29, 1.82) is 0 Å². The molecular weight excluding hydrogens is 1260 g/mol. The molecule has 0 saturated carbocycles. The third kappa shape index (κ3) is 13.0. The number of benzene rings is 8. The summed E-state index contributed by atoms with van der Waals surface area (Å²) in [6, 6.07) is 55.5. The average Bonchev–Trinajstić information content (AvgIpc) is 0.738. The molecular formula is C70H70Cl2N4O10S4. The van der Waals surface area contributed by atoms with Crippen molar-refractivity contribution >= 4 is 69.1 Å². The van der Waals surface area contributed by atoms with E-state index in [4.69, 9.17) is 27.9 Å². The molecule has 8 aromatic carbocycles. The highest BCUT2D eigenvalue weighted by atomic mass is 35.5. The van der Waals surface area contributed by atoms with Gasteiger partial charge in [0, 0.05) is 53.5 Å². The molecule has 20 heteroatoms. The quantitative estimate of drug-likeness (QED) is 0.102. The number of rotatable bonds is 14. The molecule has 8 aromatic rings. The van der Waals surface area contributed by atoms with Gasteiger partial charge in [-0.15, -0.1) is 0 Å². The van der Waals surface area contributed by atoms with Crippen LogP contribution < -0.4 is 0 Å². The van der Waals surface area contributed by atoms with Crippen molar-refractivity contribution in [3.63, 3.8) is 0 Å². The molecule has 3 saturated heterocycles. The number of hydrogen-bond acceptors (Lipinski definition) is 10. The van der Waals surface area contributed by atoms with Gasteiger partial charge in [-0.25, -0.2) is 33.7 Å². The van der Waals surface area contributed by atoms with Crippen molar-refractivity contribution < 1.29 is 43.2 Å². The maximum atomic E-state index is 14.7. The number of Topliss-reactive ketones (excluding diaryl/α,β-unsaturated/α-hetero) is 1. The predicted molar refractivity (Wildman–Crippen MR) is 350 cm³/mol. The van der Waals surface area contributed by atoms with E-state index in [1.54, 1.807) is 144 Å². The van der Waals surface area contributed by atoms with Gasteiger partial charge in [0.1, 0.15) is 5.78 Å². The van der Waals surface area contributed by atoms with Gasteiger partial charge in [0.25, 0.3) is 0 Å². The average molecular weight is 1330 g/mol. The fourth-order valence-electron chi connectivity index (χ4n) is 13.0. The Labute approximate surface area is 539 Å². The van der Waals surface area contributed by atoms with Gasteiger partial charge < -0.3 is 4.74 Å². The second-order valence-corrected chi connectivity index (χ2v) is 31.8. The molecule has 3 unspecified atom stereocenters. The molecule has 0 spiro atoms. The third-order valence-corrected chi connectivity index (χ3v) is 25.7. The number of aryl methyl sites for hydroxylation is 4. The first-order chi connectivity index (χ1) is 43.0. The standard InChI is InChI=1S/C36H37ClN2O5S2.C34H33ClN2O5S2/c1-4-44-36-23-34(27-9-6-5-7-10-27)39(46(42,43)31-19-15-26(3)16-20-31)35-22-33(28-11-8-12-29(37)21-28)38(24-32(35)36)45(40,41)30-17-13-25(2)14-18-30;1-23-11-15-28(16-12-23)43(39,40)36-22-30-33(20-31(36)26-9-6-10-27(35)19-26)37(44(41,42)29-17-13-24(2)14-18-29)32(21-34(30)38)25-7-4-3-5-8-25/h5-21,33-35H,4,22-24H2,1-3H3;3-19,30-33H,20-22H2,1-2H3/t;30-,31+,32+,33+/m.1/s1. The van der Waals surface area contributed by atoms with E-state index in [0.717, 1.165) is 27.8 Å². The first-order valence-corrected chi connectivity index (χ1v) is 36.3. The van der Waals surface area contributed by atoms with E-state index < -0.39 is 82.3 Å². The van der Waals surface area contributed by atoms with Gasteiger partial charge in [-0.3, -0.25) is 4.79 Å². The Kier molecular flexibility index (Phi) is 19.0. The Bertz CT molecular complexity index is 4430. The van der Waals surface area contributed by atoms with Crippen LogP contribution in [-0.4, -0.2) is 88.5 Å². The molecule has 468 valence electrons. The summed E-state index contributed by atoms with van der Waals surface area (Å²) in [4.78, 5) is 14.6. The van der Waals surface area contributed by atoms with Gasteiger partial charge in [0.15, 0.2) is 0 Å². The van der Waals surface area contributed by atoms with Crippen LogP contribution in [0.4, 0.5) is 0 Å². The first-order valence-electron chi connectivity index (χ1n) is 29.8. The molecule has 0 N–H and O–H groups in total. The Balaban J connectivity index is 0.000000185. The Hall–Kier alpha value is -6.81. The highest BCUT2D eigenvalue weighted by Crippen LogP contribution is 2.51. The number of carbonyl (C=O) groups excluding carboxylic acids is 1. The normalized spacial score (nSPS) is 22.2. The van der Waals surface area contributed by atoms with E-state index >= 15 is 0 Å². The van der Waals surface area contributed by atoms with E-state index in [0.29, 0.717) is 44.7 Å². The predicted octanol–water partition coefficient (Wildman–Crippen LogP) is 14.1. The van der Waals surface area contributed by atoms with E-state index in [1.807, 2.05) is 101 Å². The van der Waals surface area contributed by atoms with Crippen LogP contribution in [-0.2, 0) is 49.6 Å². The van der Waals surface area contributed by atoms with E-state index in [2.05, 4.69) is 0 Å². The number of hydrogen-bond donors (Lipinski definition) is 0. The lowest BCUT2D eigenvalue weighted by molar-refractivity contribution is -0.132. The number of carbonyl (C=O) groups is 1. The molecule has 3 fully saturated rings. The fourth-order valence-corrected chi connectivity index (χ4v) is 20.3. The summed E-state index contributed by atoms with van der Waals surface area (Å²) >= 11 is 12.8. The van der Waals surface area contributed by atoms with Crippen molar-refractivity contribution in [1.82, 2.24) is 17.2 Å². The number of sulfonamides is 4. The first kappa shape index (κ1) is 64.7. The molecule has 0 radical (unpaired) electrons.